The van der Waals surface area contributed by atoms with Crippen molar-refractivity contribution in [3.63, 3.8) is 0 Å². The Labute approximate surface area is 171 Å². The van der Waals surface area contributed by atoms with Crippen LogP contribution < -0.4 is 5.32 Å². The van der Waals surface area contributed by atoms with E-state index in [0.717, 1.165) is 28.6 Å². The van der Waals surface area contributed by atoms with E-state index in [-0.39, 0.29) is 5.91 Å². The number of nitrogens with zero attached hydrogens (tertiary/aromatic N) is 1. The predicted octanol–water partition coefficient (Wildman–Crippen LogP) is 5.62. The van der Waals surface area contributed by atoms with Crippen molar-refractivity contribution in [1.82, 2.24) is 10.3 Å². The molecule has 2 unspecified atom stereocenters. The molecule has 3 rings (SSSR count). The zero-order chi connectivity index (χ0) is 19.4. The van der Waals surface area contributed by atoms with Crippen molar-refractivity contribution in [1.29, 1.82) is 0 Å². The van der Waals surface area contributed by atoms with Gasteiger partial charge in [0.05, 0.1) is 12.1 Å². The molecule has 1 heterocycles. The zero-order valence-corrected chi connectivity index (χ0v) is 18.4. The molecule has 2 atom stereocenters. The minimum atomic E-state index is 0.102. The molecule has 2 aromatic rings. The molecule has 1 N–H and O–H groups in total. The summed E-state index contributed by atoms with van der Waals surface area (Å²) in [6.45, 7) is 9.00. The van der Waals surface area contributed by atoms with Crippen molar-refractivity contribution in [2.75, 3.05) is 0 Å². The summed E-state index contributed by atoms with van der Waals surface area (Å²) in [4.78, 5) is 17.1. The van der Waals surface area contributed by atoms with Crippen LogP contribution in [0.15, 0.2) is 34.0 Å². The Morgan fingerprint density at radius 1 is 1.30 bits per heavy atom. The maximum atomic E-state index is 12.5. The van der Waals surface area contributed by atoms with Gasteiger partial charge in [-0.1, -0.05) is 62.4 Å². The second-order valence-electron chi connectivity index (χ2n) is 8.73. The van der Waals surface area contributed by atoms with E-state index in [1.54, 1.807) is 23.1 Å². The molecule has 3 nitrogen and oxygen atoms in total. The highest BCUT2D eigenvalue weighted by Gasteiger charge is 2.32. The highest BCUT2D eigenvalue weighted by molar-refractivity contribution is 8.00. The molecule has 0 spiro atoms. The molecule has 1 amide bonds. The molecule has 0 aliphatic heterocycles. The van der Waals surface area contributed by atoms with Gasteiger partial charge in [-0.2, -0.15) is 0 Å². The first-order valence-corrected chi connectivity index (χ1v) is 11.6. The monoisotopic (exact) mass is 402 g/mol. The van der Waals surface area contributed by atoms with Gasteiger partial charge in [-0.3, -0.25) is 4.79 Å². The third-order valence-corrected chi connectivity index (χ3v) is 7.25. The predicted molar refractivity (Wildman–Crippen MR) is 115 cm³/mol. The van der Waals surface area contributed by atoms with Crippen molar-refractivity contribution >= 4 is 29.0 Å². The number of thioether (sulfide) groups is 1. The van der Waals surface area contributed by atoms with Crippen LogP contribution in [-0.2, 0) is 17.0 Å². The number of benzene rings is 1. The Balaban J connectivity index is 1.48. The third kappa shape index (κ3) is 6.35. The van der Waals surface area contributed by atoms with Gasteiger partial charge in [-0.25, -0.2) is 4.98 Å². The quantitative estimate of drug-likeness (QED) is 0.638. The fourth-order valence-electron chi connectivity index (χ4n) is 4.16. The van der Waals surface area contributed by atoms with Crippen LogP contribution >= 0.6 is 23.1 Å². The number of nitrogens with one attached hydrogen (secondary N) is 1. The van der Waals surface area contributed by atoms with E-state index in [0.29, 0.717) is 23.8 Å². The molecule has 1 fully saturated rings. The standard InChI is InChI=1S/C22H30N2OS2/c1-15-5-7-17(8-6-15)13-26-21-24-19(14-27-21)10-20(25)23-18-9-16(2)11-22(3,4)12-18/h5-8,14,16,18H,9-13H2,1-4H3,(H,23,25). The van der Waals surface area contributed by atoms with Gasteiger partial charge in [0.25, 0.3) is 0 Å². The SMILES string of the molecule is Cc1ccc(CSc2nc(CC(=O)NC3CC(C)CC(C)(C)C3)cs2)cc1. The molecule has 5 heteroatoms. The number of rotatable bonds is 6. The summed E-state index contributed by atoms with van der Waals surface area (Å²) in [5.41, 5.74) is 3.78. The Bertz CT molecular complexity index is 767. The van der Waals surface area contributed by atoms with Crippen LogP contribution in [0, 0.1) is 18.3 Å². The summed E-state index contributed by atoms with van der Waals surface area (Å²) in [6.07, 6.45) is 3.78. The summed E-state index contributed by atoms with van der Waals surface area (Å²) in [6, 6.07) is 8.90. The maximum Gasteiger partial charge on any atom is 0.226 e. The summed E-state index contributed by atoms with van der Waals surface area (Å²) < 4.78 is 1.03. The average Bonchev–Trinajstić information content (AvgIpc) is 2.99. The lowest BCUT2D eigenvalue weighted by atomic mass is 9.70. The Morgan fingerprint density at radius 3 is 2.74 bits per heavy atom. The van der Waals surface area contributed by atoms with Gasteiger partial charge in [0.2, 0.25) is 5.91 Å². The molecular formula is C22H30N2OS2. The molecule has 0 saturated heterocycles. The van der Waals surface area contributed by atoms with E-state index >= 15 is 0 Å². The first-order chi connectivity index (χ1) is 12.8. The van der Waals surface area contributed by atoms with Gasteiger partial charge in [-0.05, 0) is 43.1 Å². The normalized spacial score (nSPS) is 21.8. The van der Waals surface area contributed by atoms with Crippen molar-refractivity contribution in [2.24, 2.45) is 11.3 Å². The van der Waals surface area contributed by atoms with Crippen molar-refractivity contribution < 1.29 is 4.79 Å². The Kier molecular flexibility index (Phi) is 6.64. The fourth-order valence-corrected chi connectivity index (χ4v) is 5.96. The molecule has 1 aliphatic rings. The Hall–Kier alpha value is -1.33. The highest BCUT2D eigenvalue weighted by atomic mass is 32.2. The van der Waals surface area contributed by atoms with Crippen LogP contribution in [0.5, 0.6) is 0 Å². The molecule has 1 aromatic heterocycles. The fraction of sp³-hybridized carbons (Fsp3) is 0.545. The van der Waals surface area contributed by atoms with Crippen LogP contribution in [0.25, 0.3) is 0 Å². The second kappa shape index (κ2) is 8.78. The second-order valence-corrected chi connectivity index (χ2v) is 10.8. The zero-order valence-electron chi connectivity index (χ0n) is 16.7. The van der Waals surface area contributed by atoms with E-state index in [9.17, 15) is 4.79 Å². The number of carbonyl (C=O) groups is 1. The first kappa shape index (κ1) is 20.4. The molecular weight excluding hydrogens is 372 g/mol. The molecule has 0 radical (unpaired) electrons. The van der Waals surface area contributed by atoms with E-state index < -0.39 is 0 Å². The summed E-state index contributed by atoms with van der Waals surface area (Å²) in [5, 5.41) is 5.26. The summed E-state index contributed by atoms with van der Waals surface area (Å²) in [5.74, 6) is 1.68. The van der Waals surface area contributed by atoms with Gasteiger partial charge >= 0.3 is 0 Å². The van der Waals surface area contributed by atoms with E-state index in [1.807, 2.05) is 5.38 Å². The number of aromatic nitrogens is 1. The lowest BCUT2D eigenvalue weighted by Crippen LogP contribution is -2.43. The minimum Gasteiger partial charge on any atom is -0.353 e. The minimum absolute atomic E-state index is 0.102. The van der Waals surface area contributed by atoms with Crippen molar-refractivity contribution in [3.05, 3.63) is 46.5 Å². The number of aryl methyl sites for hydroxylation is 1. The summed E-state index contributed by atoms with van der Waals surface area (Å²) in [7, 11) is 0. The lowest BCUT2D eigenvalue weighted by molar-refractivity contribution is -0.121. The van der Waals surface area contributed by atoms with Gasteiger partial charge in [0.15, 0.2) is 0 Å². The largest absolute Gasteiger partial charge is 0.353 e. The van der Waals surface area contributed by atoms with Crippen LogP contribution in [0.4, 0.5) is 0 Å². The van der Waals surface area contributed by atoms with Gasteiger partial charge < -0.3 is 5.32 Å². The smallest absolute Gasteiger partial charge is 0.226 e. The number of hydrogen-bond acceptors (Lipinski definition) is 4. The van der Waals surface area contributed by atoms with Crippen LogP contribution in [-0.4, -0.2) is 16.9 Å². The van der Waals surface area contributed by atoms with Crippen LogP contribution in [0.1, 0.15) is 56.9 Å². The van der Waals surface area contributed by atoms with E-state index in [4.69, 9.17) is 0 Å². The van der Waals surface area contributed by atoms with Gasteiger partial charge in [-0.15, -0.1) is 11.3 Å². The van der Waals surface area contributed by atoms with Crippen molar-refractivity contribution in [3.8, 4) is 0 Å². The average molecular weight is 403 g/mol. The number of carbonyl (C=O) groups excluding carboxylic acids is 1. The van der Waals surface area contributed by atoms with Crippen LogP contribution in [0.3, 0.4) is 0 Å². The number of hydrogen-bond donors (Lipinski definition) is 1. The topological polar surface area (TPSA) is 42.0 Å². The van der Waals surface area contributed by atoms with Crippen molar-refractivity contribution in [2.45, 2.75) is 69.5 Å². The molecule has 1 aliphatic carbocycles. The Morgan fingerprint density at radius 2 is 2.04 bits per heavy atom. The molecule has 146 valence electrons. The molecule has 1 aromatic carbocycles. The van der Waals surface area contributed by atoms with Gasteiger partial charge in [0, 0.05) is 17.2 Å². The highest BCUT2D eigenvalue weighted by Crippen LogP contribution is 2.38. The molecule has 1 saturated carbocycles. The summed E-state index contributed by atoms with van der Waals surface area (Å²) >= 11 is 3.37. The molecule has 27 heavy (non-hydrogen) atoms. The third-order valence-electron chi connectivity index (χ3n) is 5.11. The first-order valence-electron chi connectivity index (χ1n) is 9.71. The van der Waals surface area contributed by atoms with E-state index in [2.05, 4.69) is 62.3 Å². The van der Waals surface area contributed by atoms with Crippen LogP contribution in [0.2, 0.25) is 0 Å². The van der Waals surface area contributed by atoms with Gasteiger partial charge in [0.1, 0.15) is 4.34 Å². The lowest BCUT2D eigenvalue weighted by Gasteiger charge is -2.39. The van der Waals surface area contributed by atoms with E-state index in [1.165, 1.54) is 17.5 Å². The number of thiazole rings is 1. The maximum absolute atomic E-state index is 12.5. The number of amides is 1. The molecule has 0 bridgehead atoms.